The summed E-state index contributed by atoms with van der Waals surface area (Å²) in [6, 6.07) is 7.45. The number of carbonyl (C=O) groups excluding carboxylic acids is 1. The Morgan fingerprint density at radius 1 is 1.45 bits per heavy atom. The Morgan fingerprint density at radius 2 is 2.20 bits per heavy atom. The van der Waals surface area contributed by atoms with Gasteiger partial charge in [-0.25, -0.2) is 0 Å². The number of nitrogens with one attached hydrogen (secondary N) is 1. The molecule has 1 aliphatic heterocycles. The van der Waals surface area contributed by atoms with E-state index in [1.165, 1.54) is 0 Å². The zero-order valence-electron chi connectivity index (χ0n) is 11.8. The summed E-state index contributed by atoms with van der Waals surface area (Å²) in [6.07, 6.45) is 0.427. The summed E-state index contributed by atoms with van der Waals surface area (Å²) in [5.74, 6) is 0.522. The monoisotopic (exact) mass is 296 g/mol. The molecule has 1 fully saturated rings. The van der Waals surface area contributed by atoms with Gasteiger partial charge >= 0.3 is 0 Å². The minimum atomic E-state index is 0.164. The molecule has 2 rings (SSSR count). The number of rotatable bonds is 4. The minimum Gasteiger partial charge on any atom is -0.384 e. The highest BCUT2D eigenvalue weighted by Gasteiger charge is 2.21. The van der Waals surface area contributed by atoms with Crippen molar-refractivity contribution in [2.45, 2.75) is 6.42 Å². The maximum absolute atomic E-state index is 12.4. The first-order valence-electron chi connectivity index (χ1n) is 6.91. The van der Waals surface area contributed by atoms with Crippen LogP contribution in [0.25, 0.3) is 0 Å². The molecule has 1 aromatic carbocycles. The Bertz CT molecular complexity index is 436. The van der Waals surface area contributed by atoms with E-state index in [9.17, 15) is 4.79 Å². The summed E-state index contributed by atoms with van der Waals surface area (Å²) in [4.78, 5) is 14.3. The van der Waals surface area contributed by atoms with E-state index >= 15 is 0 Å². The Labute approximate surface area is 125 Å². The van der Waals surface area contributed by atoms with Crippen molar-refractivity contribution in [3.63, 3.8) is 0 Å². The Hall–Kier alpha value is -1.10. The molecule has 1 aromatic rings. The fraction of sp³-hybridized carbons (Fsp3) is 0.533. The summed E-state index contributed by atoms with van der Waals surface area (Å²) in [7, 11) is 1.70. The van der Waals surface area contributed by atoms with Crippen LogP contribution in [0.4, 0.5) is 0 Å². The number of amides is 1. The topological polar surface area (TPSA) is 41.6 Å². The van der Waals surface area contributed by atoms with Crippen LogP contribution in [-0.4, -0.2) is 50.7 Å². The van der Waals surface area contributed by atoms with Crippen LogP contribution < -0.4 is 5.32 Å². The molecule has 1 N–H and O–H groups in total. The molecule has 20 heavy (non-hydrogen) atoms. The molecule has 1 amide bonds. The van der Waals surface area contributed by atoms with E-state index in [1.807, 2.05) is 29.2 Å². The molecule has 0 spiro atoms. The van der Waals surface area contributed by atoms with Crippen LogP contribution in [0.1, 0.15) is 5.56 Å². The van der Waals surface area contributed by atoms with E-state index in [-0.39, 0.29) is 5.91 Å². The van der Waals surface area contributed by atoms with E-state index in [2.05, 4.69) is 5.32 Å². The molecule has 0 aromatic heterocycles. The van der Waals surface area contributed by atoms with E-state index in [1.54, 1.807) is 7.11 Å². The van der Waals surface area contributed by atoms with E-state index in [0.717, 1.165) is 31.7 Å². The van der Waals surface area contributed by atoms with Crippen LogP contribution in [0.2, 0.25) is 5.02 Å². The molecule has 0 saturated carbocycles. The molecule has 4 nitrogen and oxygen atoms in total. The van der Waals surface area contributed by atoms with E-state index in [0.29, 0.717) is 24.0 Å². The third-order valence-corrected chi connectivity index (χ3v) is 3.75. The van der Waals surface area contributed by atoms with Gasteiger partial charge in [0.2, 0.25) is 5.91 Å². The standard InChI is InChI=1S/C15H21ClN2O2/c1-20-11-13-9-17-6-7-18(10-13)15(19)8-12-2-4-14(16)5-3-12/h2-5,13,17H,6-11H2,1H3/t13-/m1/s1. The van der Waals surface area contributed by atoms with Crippen LogP contribution >= 0.6 is 11.6 Å². The highest BCUT2D eigenvalue weighted by molar-refractivity contribution is 6.30. The fourth-order valence-electron chi connectivity index (χ4n) is 2.45. The van der Waals surface area contributed by atoms with Gasteiger partial charge in [-0.15, -0.1) is 0 Å². The van der Waals surface area contributed by atoms with Gasteiger partial charge in [0.05, 0.1) is 13.0 Å². The smallest absolute Gasteiger partial charge is 0.227 e. The zero-order valence-corrected chi connectivity index (χ0v) is 12.5. The number of methoxy groups -OCH3 is 1. The van der Waals surface area contributed by atoms with Crippen LogP contribution in [0.15, 0.2) is 24.3 Å². The van der Waals surface area contributed by atoms with Gasteiger partial charge in [-0.05, 0) is 17.7 Å². The Morgan fingerprint density at radius 3 is 2.90 bits per heavy atom. The van der Waals surface area contributed by atoms with Gasteiger partial charge in [-0.3, -0.25) is 4.79 Å². The van der Waals surface area contributed by atoms with Crippen molar-refractivity contribution in [3.05, 3.63) is 34.9 Å². The largest absolute Gasteiger partial charge is 0.384 e. The van der Waals surface area contributed by atoms with E-state index in [4.69, 9.17) is 16.3 Å². The zero-order chi connectivity index (χ0) is 14.4. The maximum atomic E-state index is 12.4. The van der Waals surface area contributed by atoms with Crippen LogP contribution in [0, 0.1) is 5.92 Å². The second-order valence-electron chi connectivity index (χ2n) is 5.17. The number of carbonyl (C=O) groups is 1. The molecule has 0 unspecified atom stereocenters. The molecule has 1 heterocycles. The van der Waals surface area contributed by atoms with Crippen LogP contribution in [-0.2, 0) is 16.0 Å². The van der Waals surface area contributed by atoms with Crippen molar-refractivity contribution in [1.82, 2.24) is 10.2 Å². The Balaban J connectivity index is 1.94. The predicted octanol–water partition coefficient (Wildman–Crippen LogP) is 1.58. The third kappa shape index (κ3) is 4.47. The molecule has 0 aliphatic carbocycles. The summed E-state index contributed by atoms with van der Waals surface area (Å²) < 4.78 is 5.20. The number of benzene rings is 1. The highest BCUT2D eigenvalue weighted by atomic mass is 35.5. The minimum absolute atomic E-state index is 0.164. The van der Waals surface area contributed by atoms with Gasteiger partial charge < -0.3 is 15.0 Å². The first-order chi connectivity index (χ1) is 9.69. The SMILES string of the molecule is COC[C@@H]1CNCCN(C(=O)Cc2ccc(Cl)cc2)C1. The summed E-state index contributed by atoms with van der Waals surface area (Å²) in [5, 5.41) is 4.04. The van der Waals surface area contributed by atoms with Crippen molar-refractivity contribution >= 4 is 17.5 Å². The highest BCUT2D eigenvalue weighted by Crippen LogP contribution is 2.12. The molecular formula is C15H21ClN2O2. The normalized spacial score (nSPS) is 19.7. The van der Waals surface area contributed by atoms with Crippen molar-refractivity contribution in [2.75, 3.05) is 39.9 Å². The maximum Gasteiger partial charge on any atom is 0.227 e. The molecular weight excluding hydrogens is 276 g/mol. The quantitative estimate of drug-likeness (QED) is 0.917. The summed E-state index contributed by atoms with van der Waals surface area (Å²) in [6.45, 7) is 3.93. The lowest BCUT2D eigenvalue weighted by Gasteiger charge is -2.23. The van der Waals surface area contributed by atoms with Gasteiger partial charge in [-0.1, -0.05) is 23.7 Å². The molecule has 0 bridgehead atoms. The van der Waals surface area contributed by atoms with Gasteiger partial charge in [0.1, 0.15) is 0 Å². The average Bonchev–Trinajstić information content (AvgIpc) is 2.67. The van der Waals surface area contributed by atoms with Gasteiger partial charge in [0.25, 0.3) is 0 Å². The number of ether oxygens (including phenoxy) is 1. The lowest BCUT2D eigenvalue weighted by Crippen LogP contribution is -2.37. The lowest BCUT2D eigenvalue weighted by atomic mass is 10.1. The molecule has 1 atom stereocenters. The van der Waals surface area contributed by atoms with Crippen molar-refractivity contribution < 1.29 is 9.53 Å². The van der Waals surface area contributed by atoms with Crippen LogP contribution in [0.3, 0.4) is 0 Å². The van der Waals surface area contributed by atoms with Crippen molar-refractivity contribution in [2.24, 2.45) is 5.92 Å². The molecule has 1 saturated heterocycles. The number of halogens is 1. The predicted molar refractivity (Wildman–Crippen MR) is 80.0 cm³/mol. The third-order valence-electron chi connectivity index (χ3n) is 3.49. The lowest BCUT2D eigenvalue weighted by molar-refractivity contribution is -0.130. The molecule has 0 radical (unpaired) electrons. The fourth-order valence-corrected chi connectivity index (χ4v) is 2.58. The van der Waals surface area contributed by atoms with Crippen molar-refractivity contribution in [1.29, 1.82) is 0 Å². The number of hydrogen-bond acceptors (Lipinski definition) is 3. The number of hydrogen-bond donors (Lipinski definition) is 1. The van der Waals surface area contributed by atoms with E-state index < -0.39 is 0 Å². The van der Waals surface area contributed by atoms with Crippen molar-refractivity contribution in [3.8, 4) is 0 Å². The van der Waals surface area contributed by atoms with Gasteiger partial charge in [0, 0.05) is 44.2 Å². The van der Waals surface area contributed by atoms with Crippen LogP contribution in [0.5, 0.6) is 0 Å². The summed E-state index contributed by atoms with van der Waals surface area (Å²) >= 11 is 5.85. The van der Waals surface area contributed by atoms with Gasteiger partial charge in [0.15, 0.2) is 0 Å². The number of nitrogens with zero attached hydrogens (tertiary/aromatic N) is 1. The molecule has 5 heteroatoms. The Kier molecular flexibility index (Phi) is 5.83. The van der Waals surface area contributed by atoms with Gasteiger partial charge in [-0.2, -0.15) is 0 Å². The second kappa shape index (κ2) is 7.62. The molecule has 110 valence electrons. The average molecular weight is 297 g/mol. The molecule has 1 aliphatic rings. The summed E-state index contributed by atoms with van der Waals surface area (Å²) in [5.41, 5.74) is 1.000. The first kappa shape index (κ1) is 15.3. The second-order valence-corrected chi connectivity index (χ2v) is 5.60. The first-order valence-corrected chi connectivity index (χ1v) is 7.28.